The number of benzene rings is 1. The molecule has 0 aliphatic carbocycles. The van der Waals surface area contributed by atoms with E-state index < -0.39 is 10.0 Å². The van der Waals surface area contributed by atoms with Crippen molar-refractivity contribution in [3.63, 3.8) is 0 Å². The predicted octanol–water partition coefficient (Wildman–Crippen LogP) is 1.02. The highest BCUT2D eigenvalue weighted by molar-refractivity contribution is 7.92. The minimum Gasteiger partial charge on any atom is -0.497 e. The van der Waals surface area contributed by atoms with Crippen molar-refractivity contribution in [3.05, 3.63) is 24.3 Å². The molecule has 0 unspecified atom stereocenters. The van der Waals surface area contributed by atoms with Crippen LogP contribution < -0.4 is 9.04 Å². The third kappa shape index (κ3) is 5.34. The van der Waals surface area contributed by atoms with Gasteiger partial charge in [0.05, 0.1) is 19.1 Å². The van der Waals surface area contributed by atoms with Crippen molar-refractivity contribution < 1.29 is 17.9 Å². The Morgan fingerprint density at radius 1 is 1.24 bits per heavy atom. The molecule has 1 aliphatic rings. The summed E-state index contributed by atoms with van der Waals surface area (Å²) in [4.78, 5) is 16.6. The van der Waals surface area contributed by atoms with E-state index in [1.807, 2.05) is 4.90 Å². The summed E-state index contributed by atoms with van der Waals surface area (Å²) in [5.74, 6) is 0.570. The van der Waals surface area contributed by atoms with Gasteiger partial charge in [-0.05, 0) is 18.7 Å². The van der Waals surface area contributed by atoms with E-state index in [4.69, 9.17) is 4.74 Å². The summed E-state index contributed by atoms with van der Waals surface area (Å²) in [6.07, 6.45) is 1.31. The molecule has 1 heterocycles. The first kappa shape index (κ1) is 19.5. The van der Waals surface area contributed by atoms with Crippen LogP contribution in [0, 0.1) is 0 Å². The summed E-state index contributed by atoms with van der Waals surface area (Å²) >= 11 is 0. The molecule has 0 bridgehead atoms. The topological polar surface area (TPSA) is 70.2 Å². The molecular formula is C17H27N3O4S. The van der Waals surface area contributed by atoms with Gasteiger partial charge < -0.3 is 14.5 Å². The minimum absolute atomic E-state index is 0.00713. The van der Waals surface area contributed by atoms with Gasteiger partial charge in [0.15, 0.2) is 0 Å². The third-order valence-electron chi connectivity index (χ3n) is 4.44. The third-order valence-corrected chi connectivity index (χ3v) is 5.64. The van der Waals surface area contributed by atoms with E-state index >= 15 is 0 Å². The Hall–Kier alpha value is -1.80. The SMILES string of the molecule is CCN1CCN(C(=O)CCN(c2cccc(OC)c2)S(C)(=O)=O)CC1. The van der Waals surface area contributed by atoms with Crippen LogP contribution in [0.3, 0.4) is 0 Å². The van der Waals surface area contributed by atoms with E-state index in [9.17, 15) is 13.2 Å². The van der Waals surface area contributed by atoms with Crippen LogP contribution in [0.25, 0.3) is 0 Å². The van der Waals surface area contributed by atoms with Crippen molar-refractivity contribution in [1.82, 2.24) is 9.80 Å². The summed E-state index contributed by atoms with van der Waals surface area (Å²) in [5, 5.41) is 0. The molecule has 7 nitrogen and oxygen atoms in total. The largest absolute Gasteiger partial charge is 0.497 e. The molecule has 0 aromatic heterocycles. The summed E-state index contributed by atoms with van der Waals surface area (Å²) in [5.41, 5.74) is 0.505. The van der Waals surface area contributed by atoms with Crippen LogP contribution in [0.4, 0.5) is 5.69 Å². The summed E-state index contributed by atoms with van der Waals surface area (Å²) < 4.78 is 30.7. The van der Waals surface area contributed by atoms with Crippen LogP contribution in [0.5, 0.6) is 5.75 Å². The Morgan fingerprint density at radius 2 is 1.92 bits per heavy atom. The van der Waals surface area contributed by atoms with Gasteiger partial charge in [-0.15, -0.1) is 0 Å². The average molecular weight is 369 g/mol. The number of nitrogens with zero attached hydrogens (tertiary/aromatic N) is 3. The van der Waals surface area contributed by atoms with Gasteiger partial charge in [0.1, 0.15) is 5.75 Å². The van der Waals surface area contributed by atoms with Gasteiger partial charge in [0, 0.05) is 45.2 Å². The minimum atomic E-state index is -3.48. The lowest BCUT2D eigenvalue weighted by atomic mass is 10.2. The number of likely N-dealkylation sites (N-methyl/N-ethyl adjacent to an activating group) is 1. The Kier molecular flexibility index (Phi) is 6.66. The maximum atomic E-state index is 12.4. The first-order valence-electron chi connectivity index (χ1n) is 8.47. The smallest absolute Gasteiger partial charge is 0.232 e. The average Bonchev–Trinajstić information content (AvgIpc) is 2.61. The molecule has 0 saturated carbocycles. The molecule has 8 heteroatoms. The van der Waals surface area contributed by atoms with Crippen LogP contribution in [-0.4, -0.2) is 76.8 Å². The van der Waals surface area contributed by atoms with Gasteiger partial charge in [-0.25, -0.2) is 8.42 Å². The normalized spacial score (nSPS) is 15.9. The molecule has 0 N–H and O–H groups in total. The lowest BCUT2D eigenvalue weighted by molar-refractivity contribution is -0.132. The van der Waals surface area contributed by atoms with Crippen molar-refractivity contribution in [2.24, 2.45) is 0 Å². The molecule has 25 heavy (non-hydrogen) atoms. The van der Waals surface area contributed by atoms with Crippen LogP contribution in [-0.2, 0) is 14.8 Å². The van der Waals surface area contributed by atoms with Gasteiger partial charge in [-0.1, -0.05) is 13.0 Å². The number of hydrogen-bond acceptors (Lipinski definition) is 5. The number of hydrogen-bond donors (Lipinski definition) is 0. The van der Waals surface area contributed by atoms with E-state index in [1.54, 1.807) is 24.3 Å². The molecule has 1 aromatic carbocycles. The number of methoxy groups -OCH3 is 1. The van der Waals surface area contributed by atoms with Gasteiger partial charge in [0.2, 0.25) is 15.9 Å². The van der Waals surface area contributed by atoms with Crippen molar-refractivity contribution >= 4 is 21.6 Å². The van der Waals surface area contributed by atoms with E-state index in [2.05, 4.69) is 11.8 Å². The number of anilines is 1. The lowest BCUT2D eigenvalue weighted by Crippen LogP contribution is -2.49. The fourth-order valence-corrected chi connectivity index (χ4v) is 3.84. The van der Waals surface area contributed by atoms with Gasteiger partial charge in [-0.2, -0.15) is 0 Å². The zero-order valence-corrected chi connectivity index (χ0v) is 16.0. The molecule has 1 aromatic rings. The Bertz CT molecular complexity index is 685. The van der Waals surface area contributed by atoms with Gasteiger partial charge in [-0.3, -0.25) is 9.10 Å². The Labute approximate surface area is 150 Å². The first-order chi connectivity index (χ1) is 11.8. The second-order valence-corrected chi connectivity index (χ2v) is 8.01. The molecule has 1 aliphatic heterocycles. The highest BCUT2D eigenvalue weighted by atomic mass is 32.2. The van der Waals surface area contributed by atoms with E-state index in [0.29, 0.717) is 24.5 Å². The molecule has 0 radical (unpaired) electrons. The summed E-state index contributed by atoms with van der Waals surface area (Å²) in [6.45, 7) is 6.35. The van der Waals surface area contributed by atoms with Crippen molar-refractivity contribution in [2.45, 2.75) is 13.3 Å². The zero-order valence-electron chi connectivity index (χ0n) is 15.1. The second kappa shape index (κ2) is 8.53. The Balaban J connectivity index is 2.02. The standard InChI is InChI=1S/C17H27N3O4S/c1-4-18-10-12-19(13-11-18)17(21)8-9-20(25(3,22)23)15-6-5-7-16(14-15)24-2/h5-7,14H,4,8-13H2,1-3H3. The predicted molar refractivity (Wildman–Crippen MR) is 98.5 cm³/mol. The summed E-state index contributed by atoms with van der Waals surface area (Å²) in [6, 6.07) is 6.85. The highest BCUT2D eigenvalue weighted by Gasteiger charge is 2.23. The maximum absolute atomic E-state index is 12.4. The first-order valence-corrected chi connectivity index (χ1v) is 10.3. The van der Waals surface area contributed by atoms with Crippen LogP contribution in [0.1, 0.15) is 13.3 Å². The summed E-state index contributed by atoms with van der Waals surface area (Å²) in [7, 11) is -1.95. The molecule has 0 spiro atoms. The second-order valence-electron chi connectivity index (χ2n) is 6.10. The molecule has 1 saturated heterocycles. The number of sulfonamides is 1. The van der Waals surface area contributed by atoms with Crippen molar-refractivity contribution in [2.75, 3.05) is 56.9 Å². The molecule has 0 atom stereocenters. The number of piperazine rings is 1. The van der Waals surface area contributed by atoms with E-state index in [0.717, 1.165) is 25.9 Å². The number of ether oxygens (including phenoxy) is 1. The fraction of sp³-hybridized carbons (Fsp3) is 0.588. The van der Waals surface area contributed by atoms with Gasteiger partial charge in [0.25, 0.3) is 0 Å². The van der Waals surface area contributed by atoms with E-state index in [-0.39, 0.29) is 18.9 Å². The van der Waals surface area contributed by atoms with Gasteiger partial charge >= 0.3 is 0 Å². The van der Waals surface area contributed by atoms with E-state index in [1.165, 1.54) is 11.4 Å². The van der Waals surface area contributed by atoms with Crippen molar-refractivity contribution in [3.8, 4) is 5.75 Å². The molecule has 1 amide bonds. The Morgan fingerprint density at radius 3 is 2.48 bits per heavy atom. The fourth-order valence-electron chi connectivity index (χ4n) is 2.92. The van der Waals surface area contributed by atoms with Crippen LogP contribution in [0.15, 0.2) is 24.3 Å². The monoisotopic (exact) mass is 369 g/mol. The number of carbonyl (C=O) groups is 1. The molecule has 1 fully saturated rings. The van der Waals surface area contributed by atoms with Crippen molar-refractivity contribution in [1.29, 1.82) is 0 Å². The van der Waals surface area contributed by atoms with Crippen LogP contribution >= 0.6 is 0 Å². The lowest BCUT2D eigenvalue weighted by Gasteiger charge is -2.34. The molecular weight excluding hydrogens is 342 g/mol. The zero-order chi connectivity index (χ0) is 18.4. The molecule has 140 valence electrons. The molecule has 2 rings (SSSR count). The number of rotatable bonds is 7. The highest BCUT2D eigenvalue weighted by Crippen LogP contribution is 2.23. The quantitative estimate of drug-likeness (QED) is 0.718. The number of carbonyl (C=O) groups excluding carboxylic acids is 1. The number of amides is 1. The van der Waals surface area contributed by atoms with Crippen LogP contribution in [0.2, 0.25) is 0 Å². The maximum Gasteiger partial charge on any atom is 0.232 e.